The Morgan fingerprint density at radius 3 is 2.31 bits per heavy atom. The molecule has 1 N–H and O–H groups in total. The lowest BCUT2D eigenvalue weighted by Gasteiger charge is -2.13. The zero-order chi connectivity index (χ0) is 11.8. The van der Waals surface area contributed by atoms with Crippen LogP contribution in [0.1, 0.15) is 23.2 Å². The van der Waals surface area contributed by atoms with Crippen LogP contribution in [0.15, 0.2) is 18.2 Å². The molecular formula is C11H10ClF2NO. The first-order chi connectivity index (χ1) is 7.54. The second kappa shape index (κ2) is 4.01. The fourth-order valence-corrected chi connectivity index (χ4v) is 1.77. The molecule has 0 aromatic heterocycles. The fraction of sp³-hybridized carbons (Fsp3) is 0.364. The van der Waals surface area contributed by atoms with E-state index in [0.29, 0.717) is 5.88 Å². The molecule has 2 rings (SSSR count). The Balaban J connectivity index is 2.14. The van der Waals surface area contributed by atoms with Gasteiger partial charge in [0.2, 0.25) is 0 Å². The molecular weight excluding hydrogens is 236 g/mol. The summed E-state index contributed by atoms with van der Waals surface area (Å²) in [6, 6.07) is 2.73. The third-order valence-corrected chi connectivity index (χ3v) is 3.12. The summed E-state index contributed by atoms with van der Waals surface area (Å²) in [6.07, 6.45) is 1.61. The van der Waals surface area contributed by atoms with Crippen molar-refractivity contribution in [3.63, 3.8) is 0 Å². The Hall–Kier alpha value is -1.16. The van der Waals surface area contributed by atoms with Crippen LogP contribution in [0.3, 0.4) is 0 Å². The highest BCUT2D eigenvalue weighted by Crippen LogP contribution is 2.36. The summed E-state index contributed by atoms with van der Waals surface area (Å²) < 4.78 is 25.7. The van der Waals surface area contributed by atoms with Gasteiger partial charge in [0.15, 0.2) is 0 Å². The minimum absolute atomic E-state index is 0.0195. The minimum Gasteiger partial charge on any atom is -0.345 e. The minimum atomic E-state index is -0.763. The van der Waals surface area contributed by atoms with E-state index in [9.17, 15) is 13.6 Å². The summed E-state index contributed by atoms with van der Waals surface area (Å²) in [7, 11) is 0. The standard InChI is InChI=1S/C11H10ClF2NO/c12-6-11(1-2-11)15-10(16)7-3-8(13)5-9(14)4-7/h3-5H,1-2,6H2,(H,15,16). The van der Waals surface area contributed by atoms with Crippen molar-refractivity contribution in [2.45, 2.75) is 18.4 Å². The van der Waals surface area contributed by atoms with Crippen molar-refractivity contribution in [3.8, 4) is 0 Å². The number of nitrogens with one attached hydrogen (secondary N) is 1. The second-order valence-electron chi connectivity index (χ2n) is 4.03. The normalized spacial score (nSPS) is 16.9. The first-order valence-electron chi connectivity index (χ1n) is 4.89. The number of halogens is 3. The molecule has 86 valence electrons. The SMILES string of the molecule is O=C(NC1(CCl)CC1)c1cc(F)cc(F)c1. The first-order valence-corrected chi connectivity index (χ1v) is 5.43. The molecule has 0 unspecified atom stereocenters. The Labute approximate surface area is 96.6 Å². The van der Waals surface area contributed by atoms with E-state index in [2.05, 4.69) is 5.32 Å². The number of amides is 1. The molecule has 5 heteroatoms. The van der Waals surface area contributed by atoms with E-state index in [1.807, 2.05) is 0 Å². The summed E-state index contributed by atoms with van der Waals surface area (Å²) in [5.41, 5.74) is -0.393. The molecule has 0 heterocycles. The average Bonchev–Trinajstić information content (AvgIpc) is 2.97. The molecule has 1 aromatic carbocycles. The summed E-state index contributed by atoms with van der Waals surface area (Å²) in [6.45, 7) is 0. The Kier molecular flexibility index (Phi) is 2.84. The number of carbonyl (C=O) groups excluding carboxylic acids is 1. The molecule has 1 aromatic rings. The van der Waals surface area contributed by atoms with Crippen LogP contribution >= 0.6 is 11.6 Å². The summed E-state index contributed by atoms with van der Waals surface area (Å²) >= 11 is 5.69. The Bertz CT molecular complexity index is 412. The number of carbonyl (C=O) groups is 1. The van der Waals surface area contributed by atoms with Crippen LogP contribution in [0, 0.1) is 11.6 Å². The summed E-state index contributed by atoms with van der Waals surface area (Å²) in [4.78, 5) is 11.7. The lowest BCUT2D eigenvalue weighted by molar-refractivity contribution is 0.0935. The molecule has 16 heavy (non-hydrogen) atoms. The number of hydrogen-bond acceptors (Lipinski definition) is 1. The number of benzene rings is 1. The van der Waals surface area contributed by atoms with Crippen molar-refractivity contribution < 1.29 is 13.6 Å². The van der Waals surface area contributed by atoms with E-state index < -0.39 is 17.5 Å². The van der Waals surface area contributed by atoms with Crippen molar-refractivity contribution in [1.82, 2.24) is 5.32 Å². The van der Waals surface area contributed by atoms with Crippen LogP contribution in [0.4, 0.5) is 8.78 Å². The molecule has 0 saturated heterocycles. The van der Waals surface area contributed by atoms with Gasteiger partial charge in [0, 0.05) is 17.5 Å². The molecule has 1 aliphatic rings. The smallest absolute Gasteiger partial charge is 0.251 e. The van der Waals surface area contributed by atoms with Crippen LogP contribution in [-0.2, 0) is 0 Å². The molecule has 1 aliphatic carbocycles. The lowest BCUT2D eigenvalue weighted by Crippen LogP contribution is -2.38. The van der Waals surface area contributed by atoms with E-state index >= 15 is 0 Å². The molecule has 0 radical (unpaired) electrons. The van der Waals surface area contributed by atoms with Gasteiger partial charge in [-0.3, -0.25) is 4.79 Å². The average molecular weight is 246 g/mol. The van der Waals surface area contributed by atoms with Gasteiger partial charge in [0.1, 0.15) is 11.6 Å². The monoisotopic (exact) mass is 245 g/mol. The van der Waals surface area contributed by atoms with E-state index in [1.165, 1.54) is 0 Å². The Morgan fingerprint density at radius 2 is 1.88 bits per heavy atom. The molecule has 0 spiro atoms. The van der Waals surface area contributed by atoms with Gasteiger partial charge in [0.25, 0.3) is 5.91 Å². The third-order valence-electron chi connectivity index (χ3n) is 2.61. The van der Waals surface area contributed by atoms with Gasteiger partial charge in [-0.05, 0) is 25.0 Å². The molecule has 1 saturated carbocycles. The highest BCUT2D eigenvalue weighted by Gasteiger charge is 2.43. The van der Waals surface area contributed by atoms with Gasteiger partial charge in [-0.25, -0.2) is 8.78 Å². The van der Waals surface area contributed by atoms with Crippen LogP contribution in [0.5, 0.6) is 0 Å². The van der Waals surface area contributed by atoms with Crippen molar-refractivity contribution in [2.24, 2.45) is 0 Å². The third kappa shape index (κ3) is 2.32. The van der Waals surface area contributed by atoms with Gasteiger partial charge in [0.05, 0.1) is 5.54 Å². The van der Waals surface area contributed by atoms with Gasteiger partial charge in [-0.2, -0.15) is 0 Å². The van der Waals surface area contributed by atoms with Crippen molar-refractivity contribution in [2.75, 3.05) is 5.88 Å². The van der Waals surface area contributed by atoms with Crippen LogP contribution in [0.2, 0.25) is 0 Å². The van der Waals surface area contributed by atoms with Gasteiger partial charge >= 0.3 is 0 Å². The lowest BCUT2D eigenvalue weighted by atomic mass is 10.2. The number of rotatable bonds is 3. The molecule has 1 fully saturated rings. The van der Waals surface area contributed by atoms with Crippen LogP contribution in [0.25, 0.3) is 0 Å². The van der Waals surface area contributed by atoms with Gasteiger partial charge in [-0.1, -0.05) is 0 Å². The van der Waals surface area contributed by atoms with Crippen LogP contribution < -0.4 is 5.32 Å². The predicted octanol–water partition coefficient (Wildman–Crippen LogP) is 2.47. The fourth-order valence-electron chi connectivity index (χ4n) is 1.44. The predicted molar refractivity (Wildman–Crippen MR) is 56.5 cm³/mol. The van der Waals surface area contributed by atoms with E-state index in [4.69, 9.17) is 11.6 Å². The maximum atomic E-state index is 12.9. The van der Waals surface area contributed by atoms with Crippen molar-refractivity contribution in [1.29, 1.82) is 0 Å². The van der Waals surface area contributed by atoms with E-state index in [1.54, 1.807) is 0 Å². The largest absolute Gasteiger partial charge is 0.345 e. The zero-order valence-corrected chi connectivity index (χ0v) is 9.15. The Morgan fingerprint density at radius 1 is 1.31 bits per heavy atom. The molecule has 2 nitrogen and oxygen atoms in total. The first kappa shape index (κ1) is 11.3. The zero-order valence-electron chi connectivity index (χ0n) is 8.40. The summed E-state index contributed by atoms with van der Waals surface area (Å²) in [5, 5.41) is 2.68. The van der Waals surface area contributed by atoms with Crippen molar-refractivity contribution in [3.05, 3.63) is 35.4 Å². The maximum absolute atomic E-state index is 12.9. The van der Waals surface area contributed by atoms with Gasteiger partial charge < -0.3 is 5.32 Å². The maximum Gasteiger partial charge on any atom is 0.251 e. The van der Waals surface area contributed by atoms with E-state index in [0.717, 1.165) is 31.0 Å². The molecule has 0 bridgehead atoms. The van der Waals surface area contributed by atoms with Crippen molar-refractivity contribution >= 4 is 17.5 Å². The second-order valence-corrected chi connectivity index (χ2v) is 4.29. The molecule has 0 atom stereocenters. The number of alkyl halides is 1. The summed E-state index contributed by atoms with van der Waals surface area (Å²) in [5.74, 6) is -1.70. The van der Waals surface area contributed by atoms with E-state index in [-0.39, 0.29) is 11.1 Å². The molecule has 0 aliphatic heterocycles. The van der Waals surface area contributed by atoms with Crippen LogP contribution in [-0.4, -0.2) is 17.3 Å². The van der Waals surface area contributed by atoms with Gasteiger partial charge in [-0.15, -0.1) is 11.6 Å². The molecule has 1 amide bonds. The topological polar surface area (TPSA) is 29.1 Å². The quantitative estimate of drug-likeness (QED) is 0.815. The number of hydrogen-bond donors (Lipinski definition) is 1. The highest BCUT2D eigenvalue weighted by atomic mass is 35.5. The highest BCUT2D eigenvalue weighted by molar-refractivity contribution is 6.19.